The van der Waals surface area contributed by atoms with Crippen molar-refractivity contribution in [2.45, 2.75) is 142 Å². The molecule has 0 aliphatic heterocycles. The second-order valence-electron chi connectivity index (χ2n) is 9.47. The van der Waals surface area contributed by atoms with Crippen molar-refractivity contribution < 1.29 is 4.74 Å². The second-order valence-corrected chi connectivity index (χ2v) is 11.7. The third kappa shape index (κ3) is 17.2. The summed E-state index contributed by atoms with van der Waals surface area (Å²) in [4.78, 5) is 0. The molecule has 1 aromatic heterocycles. The summed E-state index contributed by atoms with van der Waals surface area (Å²) in [6.07, 6.45) is 28.2. The van der Waals surface area contributed by atoms with Crippen molar-refractivity contribution in [2.24, 2.45) is 5.92 Å². The summed E-state index contributed by atoms with van der Waals surface area (Å²) in [7, 11) is 0. The third-order valence-electron chi connectivity index (χ3n) is 6.49. The van der Waals surface area contributed by atoms with Gasteiger partial charge in [0.05, 0.1) is 6.61 Å². The Kier molecular flexibility index (Phi) is 20.4. The van der Waals surface area contributed by atoms with E-state index in [0.717, 1.165) is 22.1 Å². The molecule has 1 nitrogen and oxygen atoms in total. The van der Waals surface area contributed by atoms with Crippen molar-refractivity contribution in [3.05, 3.63) is 15.2 Å². The van der Waals surface area contributed by atoms with E-state index in [9.17, 15) is 0 Å². The van der Waals surface area contributed by atoms with Crippen LogP contribution < -0.4 is 4.74 Å². The van der Waals surface area contributed by atoms with E-state index in [1.165, 1.54) is 128 Å². The number of ether oxygens (including phenoxy) is 1. The smallest absolute Gasteiger partial charge is 0.144 e. The van der Waals surface area contributed by atoms with Gasteiger partial charge in [-0.15, -0.1) is 11.3 Å². The number of unbranched alkanes of at least 4 members (excludes halogenated alkanes) is 16. The molecule has 0 fully saturated rings. The molecule has 0 radical (unpaired) electrons. The highest BCUT2D eigenvalue weighted by atomic mass is 79.9. The Hall–Kier alpha value is -0.0200. The minimum Gasteiger partial charge on any atom is -0.491 e. The molecule has 0 N–H and O–H groups in total. The van der Waals surface area contributed by atoms with Crippen LogP contribution in [-0.2, 0) is 0 Å². The predicted molar refractivity (Wildman–Crippen MR) is 145 cm³/mol. The van der Waals surface area contributed by atoms with Crippen molar-refractivity contribution in [2.75, 3.05) is 6.61 Å². The topological polar surface area (TPSA) is 9.23 Å². The standard InChI is InChI=1S/C28H51BrOS/c1-3-5-7-9-11-13-14-16-18-20-22-26(25-30-27-23-24-31-28(27)29)21-19-17-15-12-10-8-6-4-2/h23-24,26H,3-22,25H2,1-2H3. The first-order chi connectivity index (χ1) is 15.3. The maximum Gasteiger partial charge on any atom is 0.144 e. The molecule has 0 spiro atoms. The molecule has 0 saturated heterocycles. The summed E-state index contributed by atoms with van der Waals surface area (Å²) < 4.78 is 7.30. The molecule has 0 aromatic carbocycles. The molecule has 1 unspecified atom stereocenters. The molecular weight excluding hydrogens is 464 g/mol. The van der Waals surface area contributed by atoms with Gasteiger partial charge in [0.15, 0.2) is 0 Å². The Labute approximate surface area is 207 Å². The zero-order valence-corrected chi connectivity index (χ0v) is 23.2. The fraction of sp³-hybridized carbons (Fsp3) is 0.857. The molecule has 0 aliphatic carbocycles. The van der Waals surface area contributed by atoms with Gasteiger partial charge in [0, 0.05) is 0 Å². The minimum atomic E-state index is 0.723. The van der Waals surface area contributed by atoms with Crippen LogP contribution in [0.1, 0.15) is 142 Å². The third-order valence-corrected chi connectivity index (χ3v) is 8.12. The van der Waals surface area contributed by atoms with E-state index < -0.39 is 0 Å². The van der Waals surface area contributed by atoms with Crippen LogP contribution >= 0.6 is 27.3 Å². The zero-order chi connectivity index (χ0) is 22.4. The lowest BCUT2D eigenvalue weighted by Gasteiger charge is -2.18. The quantitative estimate of drug-likeness (QED) is 0.132. The molecule has 0 bridgehead atoms. The summed E-state index contributed by atoms with van der Waals surface area (Å²) in [6, 6.07) is 2.10. The van der Waals surface area contributed by atoms with Gasteiger partial charge < -0.3 is 4.74 Å². The normalized spacial score (nSPS) is 12.4. The second kappa shape index (κ2) is 21.8. The van der Waals surface area contributed by atoms with Gasteiger partial charge in [0.2, 0.25) is 0 Å². The molecule has 0 amide bonds. The number of hydrogen-bond acceptors (Lipinski definition) is 2. The Balaban J connectivity index is 2.14. The monoisotopic (exact) mass is 514 g/mol. The molecule has 0 aliphatic rings. The summed E-state index contributed by atoms with van der Waals surface area (Å²) in [6.45, 7) is 5.49. The SMILES string of the molecule is CCCCCCCCCCCCC(CCCCCCCCCC)COc1ccsc1Br. The maximum atomic E-state index is 6.17. The van der Waals surface area contributed by atoms with Crippen LogP contribution in [0.25, 0.3) is 0 Å². The van der Waals surface area contributed by atoms with E-state index in [-0.39, 0.29) is 0 Å². The molecule has 182 valence electrons. The summed E-state index contributed by atoms with van der Waals surface area (Å²) >= 11 is 5.33. The van der Waals surface area contributed by atoms with E-state index >= 15 is 0 Å². The van der Waals surface area contributed by atoms with E-state index in [1.807, 2.05) is 0 Å². The van der Waals surface area contributed by atoms with Crippen molar-refractivity contribution in [3.63, 3.8) is 0 Å². The van der Waals surface area contributed by atoms with E-state index in [2.05, 4.69) is 41.2 Å². The zero-order valence-electron chi connectivity index (χ0n) is 20.8. The highest BCUT2D eigenvalue weighted by Gasteiger charge is 2.11. The maximum absolute atomic E-state index is 6.17. The first-order valence-electron chi connectivity index (χ1n) is 13.6. The molecule has 0 saturated carbocycles. The molecular formula is C28H51BrOS. The highest BCUT2D eigenvalue weighted by Crippen LogP contribution is 2.31. The number of thiophene rings is 1. The van der Waals surface area contributed by atoms with Crippen molar-refractivity contribution in [1.82, 2.24) is 0 Å². The summed E-state index contributed by atoms with van der Waals surface area (Å²) in [5, 5.41) is 2.11. The number of halogens is 1. The number of hydrogen-bond donors (Lipinski definition) is 0. The van der Waals surface area contributed by atoms with Gasteiger partial charge in [-0.25, -0.2) is 0 Å². The van der Waals surface area contributed by atoms with Crippen LogP contribution in [0.3, 0.4) is 0 Å². The molecule has 1 atom stereocenters. The van der Waals surface area contributed by atoms with E-state index in [4.69, 9.17) is 4.74 Å². The van der Waals surface area contributed by atoms with Gasteiger partial charge in [-0.05, 0) is 46.1 Å². The predicted octanol–water partition coefficient (Wildman–Crippen LogP) is 11.3. The van der Waals surface area contributed by atoms with Crippen molar-refractivity contribution in [3.8, 4) is 5.75 Å². The lowest BCUT2D eigenvalue weighted by Crippen LogP contribution is -2.12. The molecule has 1 aromatic rings. The molecule has 1 heterocycles. The largest absolute Gasteiger partial charge is 0.491 e. The van der Waals surface area contributed by atoms with Crippen LogP contribution in [0.2, 0.25) is 0 Å². The molecule has 1 rings (SSSR count). The first kappa shape index (κ1) is 29.0. The van der Waals surface area contributed by atoms with E-state index in [1.54, 1.807) is 11.3 Å². The highest BCUT2D eigenvalue weighted by molar-refractivity contribution is 9.11. The van der Waals surface area contributed by atoms with Gasteiger partial charge >= 0.3 is 0 Å². The van der Waals surface area contributed by atoms with Gasteiger partial charge in [-0.1, -0.05) is 129 Å². The van der Waals surface area contributed by atoms with Crippen LogP contribution in [-0.4, -0.2) is 6.61 Å². The summed E-state index contributed by atoms with van der Waals surface area (Å²) in [5.41, 5.74) is 0. The fourth-order valence-electron chi connectivity index (χ4n) is 4.39. The van der Waals surface area contributed by atoms with Crippen LogP contribution in [0.15, 0.2) is 15.2 Å². The van der Waals surface area contributed by atoms with Crippen LogP contribution in [0, 0.1) is 5.92 Å². The van der Waals surface area contributed by atoms with Gasteiger partial charge in [0.25, 0.3) is 0 Å². The first-order valence-corrected chi connectivity index (χ1v) is 15.3. The Morgan fingerprint density at radius 2 is 1.10 bits per heavy atom. The van der Waals surface area contributed by atoms with Crippen LogP contribution in [0.4, 0.5) is 0 Å². The van der Waals surface area contributed by atoms with Gasteiger partial charge in [-0.3, -0.25) is 0 Å². The van der Waals surface area contributed by atoms with Gasteiger partial charge in [-0.2, -0.15) is 0 Å². The Morgan fingerprint density at radius 3 is 1.48 bits per heavy atom. The number of rotatable bonds is 23. The molecule has 3 heteroatoms. The van der Waals surface area contributed by atoms with E-state index in [0.29, 0.717) is 0 Å². The van der Waals surface area contributed by atoms with Crippen molar-refractivity contribution in [1.29, 1.82) is 0 Å². The lowest BCUT2D eigenvalue weighted by molar-refractivity contribution is 0.224. The van der Waals surface area contributed by atoms with Crippen LogP contribution in [0.5, 0.6) is 5.75 Å². The average Bonchev–Trinajstić information content (AvgIpc) is 3.19. The Morgan fingerprint density at radius 1 is 0.677 bits per heavy atom. The fourth-order valence-corrected chi connectivity index (χ4v) is 5.51. The summed E-state index contributed by atoms with van der Waals surface area (Å²) in [5.74, 6) is 1.76. The van der Waals surface area contributed by atoms with Gasteiger partial charge in [0.1, 0.15) is 9.54 Å². The lowest BCUT2D eigenvalue weighted by atomic mass is 9.94. The molecule has 31 heavy (non-hydrogen) atoms. The van der Waals surface area contributed by atoms with Crippen molar-refractivity contribution >= 4 is 27.3 Å². The minimum absolute atomic E-state index is 0.723. The Bertz CT molecular complexity index is 487. The average molecular weight is 516 g/mol.